The molecule has 0 unspecified atom stereocenters. The minimum absolute atomic E-state index is 0.0608. The van der Waals surface area contributed by atoms with Gasteiger partial charge in [-0.3, -0.25) is 4.79 Å². The zero-order valence-electron chi connectivity index (χ0n) is 19.2. The highest BCUT2D eigenvalue weighted by Crippen LogP contribution is 2.35. The minimum atomic E-state index is -3.57. The number of benzene rings is 2. The predicted octanol–water partition coefficient (Wildman–Crippen LogP) is 3.22. The van der Waals surface area contributed by atoms with Gasteiger partial charge in [-0.15, -0.1) is 0 Å². The number of sulfonamides is 1. The number of morpholine rings is 1. The van der Waals surface area contributed by atoms with Crippen molar-refractivity contribution in [2.75, 3.05) is 46.5 Å². The fourth-order valence-corrected chi connectivity index (χ4v) is 6.28. The quantitative estimate of drug-likeness (QED) is 0.602. The molecule has 2 aromatic carbocycles. The number of hydrogen-bond acceptors (Lipinski definition) is 5. The maximum Gasteiger partial charge on any atom is 0.253 e. The van der Waals surface area contributed by atoms with Crippen LogP contribution in [0.25, 0.3) is 10.9 Å². The van der Waals surface area contributed by atoms with Gasteiger partial charge in [0.05, 0.1) is 25.2 Å². The number of methoxy groups -OCH3 is 1. The molecule has 1 amide bonds. The van der Waals surface area contributed by atoms with E-state index in [1.165, 1.54) is 27.4 Å². The van der Waals surface area contributed by atoms with Crippen LogP contribution in [0.4, 0.5) is 0 Å². The number of likely N-dealkylation sites (tertiary alicyclic amines) is 1. The van der Waals surface area contributed by atoms with E-state index in [1.54, 1.807) is 19.2 Å². The molecule has 2 saturated heterocycles. The van der Waals surface area contributed by atoms with E-state index in [2.05, 4.69) is 17.2 Å². The number of fused-ring (bicyclic) bond motifs is 1. The SMILES string of the molecule is COc1ccc2[nH]cc(C3CCN(C(=O)c4ccc(S(=O)(=O)N5CCOCC5)cc4)CC3)c2c1. The van der Waals surface area contributed by atoms with Crippen molar-refractivity contribution in [1.82, 2.24) is 14.2 Å². The fourth-order valence-electron chi connectivity index (χ4n) is 4.87. The number of hydrogen-bond donors (Lipinski definition) is 1. The molecule has 3 aromatic rings. The molecule has 2 fully saturated rings. The number of piperidine rings is 1. The number of aromatic amines is 1. The number of nitrogens with zero attached hydrogens (tertiary/aromatic N) is 2. The Bertz CT molecular complexity index is 1270. The lowest BCUT2D eigenvalue weighted by Crippen LogP contribution is -2.40. The maximum absolute atomic E-state index is 13.1. The Balaban J connectivity index is 1.25. The summed E-state index contributed by atoms with van der Waals surface area (Å²) >= 11 is 0. The highest BCUT2D eigenvalue weighted by Gasteiger charge is 2.28. The average Bonchev–Trinajstić information content (AvgIpc) is 3.32. The summed E-state index contributed by atoms with van der Waals surface area (Å²) in [6.07, 6.45) is 3.82. The van der Waals surface area contributed by atoms with Crippen LogP contribution in [0.15, 0.2) is 53.6 Å². The summed E-state index contributed by atoms with van der Waals surface area (Å²) < 4.78 is 37.7. The van der Waals surface area contributed by atoms with Gasteiger partial charge in [-0.2, -0.15) is 4.31 Å². The Hall–Kier alpha value is -2.88. The lowest BCUT2D eigenvalue weighted by molar-refractivity contribution is 0.0713. The topological polar surface area (TPSA) is 91.9 Å². The van der Waals surface area contributed by atoms with Crippen LogP contribution in [0.1, 0.15) is 34.7 Å². The molecule has 0 atom stereocenters. The number of carbonyl (C=O) groups excluding carboxylic acids is 1. The van der Waals surface area contributed by atoms with Crippen molar-refractivity contribution < 1.29 is 22.7 Å². The molecule has 2 aliphatic rings. The van der Waals surface area contributed by atoms with Crippen LogP contribution in [0.3, 0.4) is 0 Å². The number of carbonyl (C=O) groups is 1. The molecule has 9 heteroatoms. The minimum Gasteiger partial charge on any atom is -0.497 e. The fraction of sp³-hybridized carbons (Fsp3) is 0.400. The van der Waals surface area contributed by atoms with Crippen molar-refractivity contribution in [3.63, 3.8) is 0 Å². The van der Waals surface area contributed by atoms with E-state index in [4.69, 9.17) is 9.47 Å². The van der Waals surface area contributed by atoms with E-state index in [1.807, 2.05) is 17.0 Å². The summed E-state index contributed by atoms with van der Waals surface area (Å²) in [4.78, 5) is 18.5. The maximum atomic E-state index is 13.1. The van der Waals surface area contributed by atoms with Crippen LogP contribution in [0, 0.1) is 0 Å². The Morgan fingerprint density at radius 3 is 2.41 bits per heavy atom. The summed E-state index contributed by atoms with van der Waals surface area (Å²) in [5, 5.41) is 1.17. The van der Waals surface area contributed by atoms with Gasteiger partial charge < -0.3 is 19.4 Å². The van der Waals surface area contributed by atoms with Crippen LogP contribution >= 0.6 is 0 Å². The second kappa shape index (κ2) is 9.40. The van der Waals surface area contributed by atoms with Crippen molar-refractivity contribution in [2.45, 2.75) is 23.7 Å². The van der Waals surface area contributed by atoms with Gasteiger partial charge in [0.25, 0.3) is 5.91 Å². The van der Waals surface area contributed by atoms with Gasteiger partial charge in [0.2, 0.25) is 10.0 Å². The Morgan fingerprint density at radius 1 is 1.03 bits per heavy atom. The molecule has 1 N–H and O–H groups in total. The first-order valence-corrected chi connectivity index (χ1v) is 13.0. The molecular weight excluding hydrogens is 454 g/mol. The van der Waals surface area contributed by atoms with E-state index in [0.29, 0.717) is 50.9 Å². The number of nitrogens with one attached hydrogen (secondary N) is 1. The van der Waals surface area contributed by atoms with Gasteiger partial charge >= 0.3 is 0 Å². The molecular formula is C25H29N3O5S. The van der Waals surface area contributed by atoms with Gasteiger partial charge in [0, 0.05) is 48.8 Å². The Kier molecular flexibility index (Phi) is 6.33. The standard InChI is InChI=1S/C25H29N3O5S/c1-32-20-4-7-24-22(16-20)23(17-26-24)18-8-10-27(11-9-18)25(29)19-2-5-21(6-3-19)34(30,31)28-12-14-33-15-13-28/h2-7,16-18,26H,8-15H2,1H3. The Morgan fingerprint density at radius 2 is 1.74 bits per heavy atom. The average molecular weight is 484 g/mol. The van der Waals surface area contributed by atoms with Gasteiger partial charge in [-0.25, -0.2) is 8.42 Å². The predicted molar refractivity (Wildman–Crippen MR) is 129 cm³/mol. The van der Waals surface area contributed by atoms with Crippen LogP contribution in [0.5, 0.6) is 5.75 Å². The van der Waals surface area contributed by atoms with Crippen molar-refractivity contribution >= 4 is 26.8 Å². The van der Waals surface area contributed by atoms with Gasteiger partial charge in [-0.1, -0.05) is 0 Å². The van der Waals surface area contributed by atoms with E-state index in [0.717, 1.165) is 24.1 Å². The molecule has 2 aliphatic heterocycles. The zero-order chi connectivity index (χ0) is 23.7. The number of aromatic nitrogens is 1. The van der Waals surface area contributed by atoms with Crippen LogP contribution < -0.4 is 4.74 Å². The van der Waals surface area contributed by atoms with E-state index >= 15 is 0 Å². The molecule has 5 rings (SSSR count). The molecule has 34 heavy (non-hydrogen) atoms. The summed E-state index contributed by atoms with van der Waals surface area (Å²) in [5.74, 6) is 1.14. The summed E-state index contributed by atoms with van der Waals surface area (Å²) in [6.45, 7) is 2.82. The van der Waals surface area contributed by atoms with E-state index in [-0.39, 0.29) is 10.8 Å². The van der Waals surface area contributed by atoms with Crippen molar-refractivity contribution in [3.05, 3.63) is 59.8 Å². The molecule has 0 spiro atoms. The summed E-state index contributed by atoms with van der Waals surface area (Å²) in [7, 11) is -1.90. The van der Waals surface area contributed by atoms with Gasteiger partial charge in [0.15, 0.2) is 0 Å². The Labute approximate surface area is 199 Å². The number of ether oxygens (including phenoxy) is 2. The third kappa shape index (κ3) is 4.31. The third-order valence-corrected chi connectivity index (χ3v) is 8.76. The lowest BCUT2D eigenvalue weighted by Gasteiger charge is -2.32. The van der Waals surface area contributed by atoms with Gasteiger partial charge in [0.1, 0.15) is 5.75 Å². The third-order valence-electron chi connectivity index (χ3n) is 6.85. The molecule has 0 radical (unpaired) electrons. The normalized spacial score (nSPS) is 18.3. The number of H-pyrrole nitrogens is 1. The second-order valence-corrected chi connectivity index (χ2v) is 10.7. The second-order valence-electron chi connectivity index (χ2n) is 8.76. The largest absolute Gasteiger partial charge is 0.497 e. The molecule has 0 bridgehead atoms. The van der Waals surface area contributed by atoms with Crippen molar-refractivity contribution in [3.8, 4) is 5.75 Å². The monoisotopic (exact) mass is 483 g/mol. The first-order valence-electron chi connectivity index (χ1n) is 11.6. The summed E-state index contributed by atoms with van der Waals surface area (Å²) in [6, 6.07) is 12.3. The molecule has 0 aliphatic carbocycles. The van der Waals surface area contributed by atoms with Crippen LogP contribution in [-0.4, -0.2) is 75.0 Å². The lowest BCUT2D eigenvalue weighted by atomic mass is 9.89. The molecule has 3 heterocycles. The van der Waals surface area contributed by atoms with E-state index in [9.17, 15) is 13.2 Å². The first kappa shape index (κ1) is 22.9. The number of rotatable bonds is 5. The highest BCUT2D eigenvalue weighted by atomic mass is 32.2. The first-order chi connectivity index (χ1) is 16.5. The van der Waals surface area contributed by atoms with E-state index < -0.39 is 10.0 Å². The highest BCUT2D eigenvalue weighted by molar-refractivity contribution is 7.89. The van der Waals surface area contributed by atoms with Crippen molar-refractivity contribution in [1.29, 1.82) is 0 Å². The van der Waals surface area contributed by atoms with Gasteiger partial charge in [-0.05, 0) is 66.8 Å². The molecule has 180 valence electrons. The van der Waals surface area contributed by atoms with Crippen LogP contribution in [-0.2, 0) is 14.8 Å². The molecule has 8 nitrogen and oxygen atoms in total. The zero-order valence-corrected chi connectivity index (χ0v) is 20.0. The molecule has 0 saturated carbocycles. The smallest absolute Gasteiger partial charge is 0.253 e. The van der Waals surface area contributed by atoms with Crippen LogP contribution in [0.2, 0.25) is 0 Å². The summed E-state index contributed by atoms with van der Waals surface area (Å²) in [5.41, 5.74) is 2.86. The molecule has 1 aromatic heterocycles. The number of amides is 1. The van der Waals surface area contributed by atoms with Crippen molar-refractivity contribution in [2.24, 2.45) is 0 Å².